The molecule has 0 saturated carbocycles. The highest BCUT2D eigenvalue weighted by molar-refractivity contribution is 5.98. The zero-order valence-corrected chi connectivity index (χ0v) is 23.4. The van der Waals surface area contributed by atoms with Crippen molar-refractivity contribution in [3.8, 4) is 5.75 Å². The third-order valence-electron chi connectivity index (χ3n) is 7.39. The van der Waals surface area contributed by atoms with Crippen LogP contribution in [0.1, 0.15) is 49.7 Å². The van der Waals surface area contributed by atoms with Gasteiger partial charge in [0.25, 0.3) is 0 Å². The van der Waals surface area contributed by atoms with Crippen LogP contribution in [0.25, 0.3) is 0 Å². The molecule has 4 rings (SSSR count). The fraction of sp³-hybridized carbons (Fsp3) is 0.323. The molecule has 1 atom stereocenters. The second-order valence-corrected chi connectivity index (χ2v) is 10.2. The smallest absolute Gasteiger partial charge is 0.334 e. The zero-order chi connectivity index (χ0) is 29.5. The summed E-state index contributed by atoms with van der Waals surface area (Å²) in [5.74, 6) is -2.20. The van der Waals surface area contributed by atoms with Crippen molar-refractivity contribution < 1.29 is 29.3 Å². The number of urea groups is 1. The molecule has 0 aliphatic carbocycles. The fourth-order valence-corrected chi connectivity index (χ4v) is 5.39. The maximum Gasteiger partial charge on any atom is 0.334 e. The van der Waals surface area contributed by atoms with Crippen molar-refractivity contribution in [2.24, 2.45) is 0 Å². The quantitative estimate of drug-likeness (QED) is 0.265. The molecule has 0 aromatic heterocycles. The van der Waals surface area contributed by atoms with E-state index in [-0.39, 0.29) is 11.1 Å². The van der Waals surface area contributed by atoms with Gasteiger partial charge in [-0.05, 0) is 68.3 Å². The average Bonchev–Trinajstić information content (AvgIpc) is 2.95. The van der Waals surface area contributed by atoms with Crippen LogP contribution in [0.3, 0.4) is 0 Å². The van der Waals surface area contributed by atoms with Crippen molar-refractivity contribution in [2.45, 2.75) is 38.5 Å². The Kier molecular flexibility index (Phi) is 9.34. The van der Waals surface area contributed by atoms with E-state index in [1.54, 1.807) is 45.2 Å². The Morgan fingerprint density at radius 1 is 1.00 bits per heavy atom. The molecule has 2 aromatic carbocycles. The summed E-state index contributed by atoms with van der Waals surface area (Å²) in [5.41, 5.74) is 2.79. The van der Waals surface area contributed by atoms with Gasteiger partial charge in [0.15, 0.2) is 0 Å². The number of dihydropyridines is 1. The van der Waals surface area contributed by atoms with Gasteiger partial charge in [0, 0.05) is 42.6 Å². The van der Waals surface area contributed by atoms with Crippen molar-refractivity contribution in [3.05, 3.63) is 94.5 Å². The van der Waals surface area contributed by atoms with E-state index in [4.69, 9.17) is 4.74 Å². The van der Waals surface area contributed by atoms with E-state index in [1.807, 2.05) is 12.1 Å². The number of nitrogens with one attached hydrogen (secondary N) is 3. The van der Waals surface area contributed by atoms with Crippen LogP contribution in [0.15, 0.2) is 83.3 Å². The number of benzene rings is 2. The van der Waals surface area contributed by atoms with Crippen LogP contribution in [0.4, 0.5) is 10.5 Å². The third kappa shape index (κ3) is 7.08. The Morgan fingerprint density at radius 3 is 2.32 bits per heavy atom. The van der Waals surface area contributed by atoms with E-state index in [2.05, 4.69) is 45.3 Å². The van der Waals surface area contributed by atoms with E-state index in [9.17, 15) is 24.6 Å². The summed E-state index contributed by atoms with van der Waals surface area (Å²) in [5, 5.41) is 28.2. The lowest BCUT2D eigenvalue weighted by Gasteiger charge is -2.29. The normalized spacial score (nSPS) is 17.2. The van der Waals surface area contributed by atoms with Crippen LogP contribution >= 0.6 is 0 Å². The summed E-state index contributed by atoms with van der Waals surface area (Å²) in [6, 6.07) is 14.4. The minimum atomic E-state index is -1.21. The molecule has 2 amide bonds. The number of carboxylic acids is 2. The molecular formula is C31H36N4O6. The standard InChI is InChI=1S/C31H36N4O6/c1-19-26(29(36)37)28(27(30(38)39)20(2)33-19)23-8-4-9-24(17-23)34-31(40)32-13-6-14-35-15-11-21(12-16-35)22-7-5-10-25(18-22)41-3/h4-5,7-11,15,17-18,21,28,33H,6,12-14,16H2,1-3H3,(H,36,37)(H,38,39)(H2,32,34,40). The van der Waals surface area contributed by atoms with Gasteiger partial charge in [-0.1, -0.05) is 30.3 Å². The Labute approximate surface area is 239 Å². The van der Waals surface area contributed by atoms with Crippen molar-refractivity contribution in [3.63, 3.8) is 0 Å². The van der Waals surface area contributed by atoms with Crippen LogP contribution in [0, 0.1) is 0 Å². The van der Waals surface area contributed by atoms with Gasteiger partial charge in [-0.2, -0.15) is 0 Å². The molecule has 0 fully saturated rings. The third-order valence-corrected chi connectivity index (χ3v) is 7.39. The number of nitrogens with zero attached hydrogens (tertiary/aromatic N) is 1. The molecule has 10 nitrogen and oxygen atoms in total. The first-order chi connectivity index (χ1) is 19.7. The van der Waals surface area contributed by atoms with Crippen LogP contribution in [-0.4, -0.2) is 59.8 Å². The minimum absolute atomic E-state index is 0.0452. The van der Waals surface area contributed by atoms with Crippen LogP contribution < -0.4 is 20.7 Å². The number of anilines is 1. The Hall–Kier alpha value is -4.73. The average molecular weight is 561 g/mol. The Morgan fingerprint density at radius 2 is 1.68 bits per heavy atom. The first kappa shape index (κ1) is 29.3. The van der Waals surface area contributed by atoms with E-state index < -0.39 is 23.9 Å². The van der Waals surface area contributed by atoms with E-state index >= 15 is 0 Å². The summed E-state index contributed by atoms with van der Waals surface area (Å²) in [4.78, 5) is 38.9. The van der Waals surface area contributed by atoms with Gasteiger partial charge in [-0.15, -0.1) is 0 Å². The largest absolute Gasteiger partial charge is 0.497 e. The van der Waals surface area contributed by atoms with Crippen LogP contribution in [0.2, 0.25) is 0 Å². The second-order valence-electron chi connectivity index (χ2n) is 10.2. The molecule has 41 heavy (non-hydrogen) atoms. The molecule has 216 valence electrons. The Bertz CT molecular complexity index is 1380. The lowest BCUT2D eigenvalue weighted by Crippen LogP contribution is -2.32. The molecule has 0 spiro atoms. The van der Waals surface area contributed by atoms with Crippen LogP contribution in [-0.2, 0) is 9.59 Å². The number of methoxy groups -OCH3 is 1. The summed E-state index contributed by atoms with van der Waals surface area (Å²) in [7, 11) is 1.67. The molecule has 2 aliphatic heterocycles. The lowest BCUT2D eigenvalue weighted by molar-refractivity contribution is -0.133. The van der Waals surface area contributed by atoms with Gasteiger partial charge < -0.3 is 35.8 Å². The summed E-state index contributed by atoms with van der Waals surface area (Å²) in [6.45, 7) is 5.41. The number of allylic oxidation sites excluding steroid dienone is 3. The monoisotopic (exact) mass is 560 g/mol. The number of carboxylic acid groups (broad SMARTS) is 2. The topological polar surface area (TPSA) is 140 Å². The van der Waals surface area contributed by atoms with Gasteiger partial charge in [-0.25, -0.2) is 14.4 Å². The SMILES string of the molecule is COc1cccc(C2C=CN(CCCNC(=O)Nc3cccc(C4C(C(=O)O)=C(C)NC(C)=C4C(=O)O)c3)CC2)c1. The molecule has 5 N–H and O–H groups in total. The summed E-state index contributed by atoms with van der Waals surface area (Å²) < 4.78 is 5.33. The summed E-state index contributed by atoms with van der Waals surface area (Å²) in [6.07, 6.45) is 6.08. The number of rotatable bonds is 10. The molecule has 0 saturated heterocycles. The number of hydrogen-bond donors (Lipinski definition) is 5. The fourth-order valence-electron chi connectivity index (χ4n) is 5.39. The van der Waals surface area contributed by atoms with Crippen molar-refractivity contribution >= 4 is 23.7 Å². The highest BCUT2D eigenvalue weighted by Crippen LogP contribution is 2.39. The number of ether oxygens (including phenoxy) is 1. The highest BCUT2D eigenvalue weighted by atomic mass is 16.5. The number of carbonyl (C=O) groups is 3. The highest BCUT2D eigenvalue weighted by Gasteiger charge is 2.36. The maximum atomic E-state index is 12.6. The number of hydrogen-bond acceptors (Lipinski definition) is 6. The van der Waals surface area contributed by atoms with Gasteiger partial charge in [0.05, 0.1) is 24.2 Å². The molecule has 0 bridgehead atoms. The number of amides is 2. The predicted molar refractivity (Wildman–Crippen MR) is 156 cm³/mol. The van der Waals surface area contributed by atoms with Crippen LogP contribution in [0.5, 0.6) is 5.75 Å². The molecule has 2 aromatic rings. The molecule has 1 unspecified atom stereocenters. The first-order valence-corrected chi connectivity index (χ1v) is 13.5. The minimum Gasteiger partial charge on any atom is -0.497 e. The van der Waals surface area contributed by atoms with Gasteiger partial charge in [-0.3, -0.25) is 0 Å². The van der Waals surface area contributed by atoms with Crippen molar-refractivity contribution in [2.75, 3.05) is 32.1 Å². The number of carbonyl (C=O) groups excluding carboxylic acids is 1. The number of aliphatic carboxylic acids is 2. The second kappa shape index (κ2) is 13.1. The van der Waals surface area contributed by atoms with Crippen molar-refractivity contribution in [1.82, 2.24) is 15.5 Å². The molecule has 2 heterocycles. The van der Waals surface area contributed by atoms with E-state index in [0.717, 1.165) is 31.7 Å². The molecule has 2 aliphatic rings. The van der Waals surface area contributed by atoms with Gasteiger partial charge in [0.1, 0.15) is 5.75 Å². The molecule has 0 radical (unpaired) electrons. The van der Waals surface area contributed by atoms with Crippen molar-refractivity contribution in [1.29, 1.82) is 0 Å². The van der Waals surface area contributed by atoms with Gasteiger partial charge >= 0.3 is 18.0 Å². The molecule has 10 heteroatoms. The Balaban J connectivity index is 1.31. The summed E-state index contributed by atoms with van der Waals surface area (Å²) >= 11 is 0. The molecular weight excluding hydrogens is 524 g/mol. The first-order valence-electron chi connectivity index (χ1n) is 13.5. The zero-order valence-electron chi connectivity index (χ0n) is 23.4. The lowest BCUT2D eigenvalue weighted by atomic mass is 9.80. The predicted octanol–water partition coefficient (Wildman–Crippen LogP) is 4.61. The van der Waals surface area contributed by atoms with E-state index in [0.29, 0.717) is 35.1 Å². The van der Waals surface area contributed by atoms with E-state index in [1.165, 1.54) is 5.56 Å². The maximum absolute atomic E-state index is 12.6. The van der Waals surface area contributed by atoms with Gasteiger partial charge in [0.2, 0.25) is 0 Å².